The molecule has 1 atom stereocenters. The number of ketones is 1. The second-order valence-electron chi connectivity index (χ2n) is 10.0. The molecule has 5 aromatic rings. The van der Waals surface area contributed by atoms with Crippen LogP contribution >= 0.6 is 0 Å². The van der Waals surface area contributed by atoms with Crippen LogP contribution in [0.3, 0.4) is 0 Å². The number of Topliss-reactive ketones (excluding diaryl/α,β-unsaturated/α-hetero) is 1. The summed E-state index contributed by atoms with van der Waals surface area (Å²) in [6.45, 7) is 2.69. The number of benzene rings is 3. The Balaban J connectivity index is 1.15. The Morgan fingerprint density at radius 1 is 1.05 bits per heavy atom. The van der Waals surface area contributed by atoms with E-state index in [2.05, 4.69) is 15.4 Å². The first kappa shape index (κ1) is 26.9. The van der Waals surface area contributed by atoms with Crippen molar-refractivity contribution in [2.45, 2.75) is 19.3 Å². The van der Waals surface area contributed by atoms with Crippen molar-refractivity contribution in [3.63, 3.8) is 0 Å². The van der Waals surface area contributed by atoms with E-state index < -0.39 is 0 Å². The maximum Gasteiger partial charge on any atom is 0.414 e. The summed E-state index contributed by atoms with van der Waals surface area (Å²) in [6.07, 6.45) is 1.81. The van der Waals surface area contributed by atoms with Crippen molar-refractivity contribution in [1.29, 1.82) is 0 Å². The lowest BCUT2D eigenvalue weighted by Gasteiger charge is -2.16. The molecule has 10 heteroatoms. The number of cyclic esters (lactones) is 1. The predicted molar refractivity (Wildman–Crippen MR) is 157 cm³/mol. The number of pyridine rings is 1. The van der Waals surface area contributed by atoms with Crippen LogP contribution in [-0.2, 0) is 16.0 Å². The fourth-order valence-corrected chi connectivity index (χ4v) is 4.91. The third-order valence-electron chi connectivity index (χ3n) is 7.35. The number of nitrogens with one attached hydrogen (secondary N) is 1. The van der Waals surface area contributed by atoms with Crippen LogP contribution in [0.25, 0.3) is 16.8 Å². The molecule has 212 valence electrons. The van der Waals surface area contributed by atoms with Gasteiger partial charge in [-0.3, -0.25) is 9.69 Å². The lowest BCUT2D eigenvalue weighted by Crippen LogP contribution is -2.23. The van der Waals surface area contributed by atoms with Crippen molar-refractivity contribution in [1.82, 2.24) is 14.6 Å². The Kier molecular flexibility index (Phi) is 7.26. The number of anilines is 3. The van der Waals surface area contributed by atoms with Gasteiger partial charge in [-0.1, -0.05) is 43.3 Å². The number of rotatable bonds is 9. The lowest BCUT2D eigenvalue weighted by molar-refractivity contribution is -0.119. The smallest absolute Gasteiger partial charge is 0.414 e. The highest BCUT2D eigenvalue weighted by atomic mass is 19.1. The number of methoxy groups -OCH3 is 1. The molecule has 0 aliphatic carbocycles. The van der Waals surface area contributed by atoms with Crippen LogP contribution in [0.2, 0.25) is 0 Å². The van der Waals surface area contributed by atoms with E-state index in [1.165, 1.54) is 12.1 Å². The molecule has 2 aromatic heterocycles. The molecule has 1 saturated heterocycles. The van der Waals surface area contributed by atoms with E-state index >= 15 is 0 Å². The van der Waals surface area contributed by atoms with E-state index in [0.717, 1.165) is 22.3 Å². The quantitative estimate of drug-likeness (QED) is 0.229. The fraction of sp³-hybridized carbons (Fsp3) is 0.188. The van der Waals surface area contributed by atoms with Crippen LogP contribution < -0.4 is 15.0 Å². The zero-order chi connectivity index (χ0) is 29.2. The molecule has 9 nitrogen and oxygen atoms in total. The number of nitrogens with zero attached hydrogens (tertiary/aromatic N) is 4. The molecule has 1 aliphatic heterocycles. The molecule has 0 saturated carbocycles. The van der Waals surface area contributed by atoms with Crippen molar-refractivity contribution in [2.75, 3.05) is 30.5 Å². The largest absolute Gasteiger partial charge is 0.494 e. The van der Waals surface area contributed by atoms with Gasteiger partial charge in [-0.2, -0.15) is 4.98 Å². The van der Waals surface area contributed by atoms with Crippen LogP contribution in [0.5, 0.6) is 5.75 Å². The number of carbonyl (C=O) groups is 2. The molecule has 6 rings (SSSR count). The number of amides is 1. The average Bonchev–Trinajstić information content (AvgIpc) is 3.62. The second-order valence-corrected chi connectivity index (χ2v) is 10.0. The molecule has 42 heavy (non-hydrogen) atoms. The van der Waals surface area contributed by atoms with Gasteiger partial charge in [0.25, 0.3) is 0 Å². The van der Waals surface area contributed by atoms with Gasteiger partial charge in [-0.15, -0.1) is 5.10 Å². The highest BCUT2D eigenvalue weighted by Crippen LogP contribution is 2.33. The molecule has 0 bridgehead atoms. The number of ether oxygens (including phenoxy) is 2. The van der Waals surface area contributed by atoms with Crippen LogP contribution in [0.1, 0.15) is 24.0 Å². The van der Waals surface area contributed by atoms with Crippen LogP contribution in [0.4, 0.5) is 26.5 Å². The molecular formula is C32H28FN5O4. The summed E-state index contributed by atoms with van der Waals surface area (Å²) < 4.78 is 25.5. The number of hydrogen-bond acceptors (Lipinski definition) is 7. The van der Waals surface area contributed by atoms with Gasteiger partial charge in [0.1, 0.15) is 24.0 Å². The minimum absolute atomic E-state index is 0.0724. The molecule has 0 radical (unpaired) electrons. The summed E-state index contributed by atoms with van der Waals surface area (Å²) in [4.78, 5) is 30.9. The van der Waals surface area contributed by atoms with Gasteiger partial charge >= 0.3 is 6.09 Å². The summed E-state index contributed by atoms with van der Waals surface area (Å²) in [5.41, 5.74) is 5.63. The van der Waals surface area contributed by atoms with Gasteiger partial charge in [-0.25, -0.2) is 13.7 Å². The highest BCUT2D eigenvalue weighted by Gasteiger charge is 2.24. The Hall–Kier alpha value is -5.25. The van der Waals surface area contributed by atoms with Gasteiger partial charge < -0.3 is 14.8 Å². The maximum atomic E-state index is 13.2. The molecule has 0 unspecified atom stereocenters. The first-order valence-electron chi connectivity index (χ1n) is 13.5. The number of hydrogen-bond donors (Lipinski definition) is 1. The van der Waals surface area contributed by atoms with E-state index in [1.54, 1.807) is 34.7 Å². The maximum absolute atomic E-state index is 13.2. The third kappa shape index (κ3) is 5.51. The monoisotopic (exact) mass is 565 g/mol. The molecular weight excluding hydrogens is 537 g/mol. The topological polar surface area (TPSA) is 98.1 Å². The number of carbonyl (C=O) groups excluding carboxylic acids is 2. The van der Waals surface area contributed by atoms with Crippen molar-refractivity contribution in [3.05, 3.63) is 102 Å². The lowest BCUT2D eigenvalue weighted by atomic mass is 9.92. The van der Waals surface area contributed by atoms with Crippen LogP contribution in [-0.4, -0.2) is 46.7 Å². The van der Waals surface area contributed by atoms with Crippen molar-refractivity contribution in [3.8, 4) is 16.9 Å². The third-order valence-corrected chi connectivity index (χ3v) is 7.35. The fourth-order valence-electron chi connectivity index (χ4n) is 4.91. The van der Waals surface area contributed by atoms with Gasteiger partial charge in [-0.05, 0) is 53.1 Å². The Labute approximate surface area is 241 Å². The van der Waals surface area contributed by atoms with E-state index in [0.29, 0.717) is 48.3 Å². The van der Waals surface area contributed by atoms with Gasteiger partial charge in [0.15, 0.2) is 5.65 Å². The van der Waals surface area contributed by atoms with Gasteiger partial charge in [0, 0.05) is 30.2 Å². The molecule has 1 fully saturated rings. The molecule has 1 aliphatic rings. The summed E-state index contributed by atoms with van der Waals surface area (Å²) in [7, 11) is 1.56. The highest BCUT2D eigenvalue weighted by molar-refractivity contribution is 5.90. The van der Waals surface area contributed by atoms with Crippen molar-refractivity contribution >= 4 is 34.8 Å². The van der Waals surface area contributed by atoms with Crippen LogP contribution in [0.15, 0.2) is 85.1 Å². The molecule has 0 spiro atoms. The minimum Gasteiger partial charge on any atom is -0.494 e. The summed E-state index contributed by atoms with van der Waals surface area (Å²) in [5.74, 6) is 0.373. The van der Waals surface area contributed by atoms with Crippen LogP contribution in [0, 0.1) is 5.82 Å². The van der Waals surface area contributed by atoms with Crippen molar-refractivity contribution in [2.24, 2.45) is 0 Å². The van der Waals surface area contributed by atoms with Gasteiger partial charge in [0.05, 0.1) is 25.0 Å². The zero-order valence-electron chi connectivity index (χ0n) is 23.1. The van der Waals surface area contributed by atoms with E-state index in [1.807, 2.05) is 61.7 Å². The molecule has 1 N–H and O–H groups in total. The predicted octanol–water partition coefficient (Wildman–Crippen LogP) is 6.16. The Morgan fingerprint density at radius 2 is 1.81 bits per heavy atom. The van der Waals surface area contributed by atoms with E-state index in [-0.39, 0.29) is 23.6 Å². The minimum atomic E-state index is -0.379. The van der Waals surface area contributed by atoms with E-state index in [9.17, 15) is 14.0 Å². The average molecular weight is 566 g/mol. The normalized spacial score (nSPS) is 13.7. The number of fused-ring (bicyclic) bond motifs is 1. The second kappa shape index (κ2) is 11.3. The summed E-state index contributed by atoms with van der Waals surface area (Å²) >= 11 is 0. The van der Waals surface area contributed by atoms with Crippen molar-refractivity contribution < 1.29 is 23.5 Å². The first-order chi connectivity index (χ1) is 20.4. The first-order valence-corrected chi connectivity index (χ1v) is 13.5. The molecule has 3 heterocycles. The SMILES string of the molecule is COc1cc(N2CCOC2=O)ccc1Nc1nc2ccc(-c3ccc(CC(=O)[C@H](C)c4ccc(F)cc4)cc3)cn2n1. The Bertz CT molecular complexity index is 1770. The summed E-state index contributed by atoms with van der Waals surface area (Å²) in [5, 5.41) is 7.78. The summed E-state index contributed by atoms with van der Waals surface area (Å²) in [6, 6.07) is 23.2. The number of halogens is 1. The number of aromatic nitrogens is 3. The Morgan fingerprint density at radius 3 is 2.52 bits per heavy atom. The zero-order valence-corrected chi connectivity index (χ0v) is 23.1. The standard InChI is InChI=1S/C32H28FN5O4/c1-20(22-7-10-25(33)11-8-22)28(39)17-21-3-5-23(6-4-21)24-9-14-30-35-31(36-38(30)19-24)34-27-13-12-26(18-29(27)41-2)37-15-16-42-32(37)40/h3-14,18-20H,15-17H2,1-2H3,(H,34,36)/t20-/m1/s1. The molecule has 3 aromatic carbocycles. The van der Waals surface area contributed by atoms with Gasteiger partial charge in [0.2, 0.25) is 5.95 Å². The molecule has 1 amide bonds. The van der Waals surface area contributed by atoms with E-state index in [4.69, 9.17) is 9.47 Å².